The molecule has 0 bridgehead atoms. The number of carbonyl (C=O) groups is 2. The molecule has 0 spiro atoms. The van der Waals surface area contributed by atoms with Crippen molar-refractivity contribution in [3.63, 3.8) is 0 Å². The van der Waals surface area contributed by atoms with Crippen molar-refractivity contribution in [2.45, 2.75) is 10.8 Å². The van der Waals surface area contributed by atoms with Crippen LogP contribution in [-0.4, -0.2) is 32.9 Å². The summed E-state index contributed by atoms with van der Waals surface area (Å²) in [4.78, 5) is 22.3. The number of carbonyl (C=O) groups excluding carboxylic acids is 1. The monoisotopic (exact) mass is 343 g/mol. The molecule has 2 aromatic rings. The Morgan fingerprint density at radius 2 is 2.10 bits per heavy atom. The summed E-state index contributed by atoms with van der Waals surface area (Å²) in [5, 5.41) is 19.6. The number of halogens is 1. The van der Waals surface area contributed by atoms with Gasteiger partial charge in [-0.25, -0.2) is 0 Å². The van der Waals surface area contributed by atoms with Gasteiger partial charge in [0.2, 0.25) is 11.0 Å². The summed E-state index contributed by atoms with van der Waals surface area (Å²) in [5.74, 6) is -1.28. The van der Waals surface area contributed by atoms with Crippen LogP contribution < -0.4 is 5.32 Å². The van der Waals surface area contributed by atoms with Crippen molar-refractivity contribution in [3.8, 4) is 0 Å². The molecular formula is C12H10ClN3O3S2. The second-order valence-electron chi connectivity index (χ2n) is 3.87. The summed E-state index contributed by atoms with van der Waals surface area (Å²) in [7, 11) is 0. The molecular weight excluding hydrogens is 334 g/mol. The highest BCUT2D eigenvalue weighted by molar-refractivity contribution is 8.01. The number of carboxylic acid groups (broad SMARTS) is 1. The molecule has 1 aromatic heterocycles. The number of nitrogens with zero attached hydrogens (tertiary/aromatic N) is 2. The summed E-state index contributed by atoms with van der Waals surface area (Å²) >= 11 is 8.17. The van der Waals surface area contributed by atoms with Crippen molar-refractivity contribution < 1.29 is 14.7 Å². The molecule has 6 nitrogen and oxygen atoms in total. The standard InChI is InChI=1S/C12H10ClN3O3S2/c13-8-4-2-1-3-7(8)5-9(17)14-11-15-16-12(21-11)20-6-10(18)19/h1-4H,5-6H2,(H,18,19)(H,14,15,17). The molecule has 2 rings (SSSR count). The second-order valence-corrected chi connectivity index (χ2v) is 6.48. The van der Waals surface area contributed by atoms with Crippen LogP contribution in [0, 0.1) is 0 Å². The molecule has 0 saturated carbocycles. The average molecular weight is 344 g/mol. The molecule has 1 amide bonds. The van der Waals surface area contributed by atoms with Gasteiger partial charge in [-0.15, -0.1) is 10.2 Å². The zero-order valence-electron chi connectivity index (χ0n) is 10.6. The van der Waals surface area contributed by atoms with Crippen LogP contribution in [0.15, 0.2) is 28.6 Å². The number of aliphatic carboxylic acids is 1. The predicted molar refractivity (Wildman–Crippen MR) is 82.1 cm³/mol. The van der Waals surface area contributed by atoms with E-state index in [0.717, 1.165) is 28.7 Å². The Balaban J connectivity index is 1.91. The SMILES string of the molecule is O=C(O)CSc1nnc(NC(=O)Cc2ccccc2Cl)s1. The fourth-order valence-electron chi connectivity index (χ4n) is 1.42. The van der Waals surface area contributed by atoms with Gasteiger partial charge < -0.3 is 10.4 Å². The molecule has 21 heavy (non-hydrogen) atoms. The third-order valence-electron chi connectivity index (χ3n) is 2.28. The first kappa shape index (κ1) is 15.7. The molecule has 0 fully saturated rings. The van der Waals surface area contributed by atoms with Gasteiger partial charge >= 0.3 is 5.97 Å². The third-order valence-corrected chi connectivity index (χ3v) is 4.61. The van der Waals surface area contributed by atoms with Crippen LogP contribution in [0.3, 0.4) is 0 Å². The highest BCUT2D eigenvalue weighted by Gasteiger charge is 2.11. The number of nitrogens with one attached hydrogen (secondary N) is 1. The number of aromatic nitrogens is 2. The lowest BCUT2D eigenvalue weighted by molar-refractivity contribution is -0.133. The molecule has 0 aliphatic carbocycles. The van der Waals surface area contributed by atoms with Crippen LogP contribution in [0.2, 0.25) is 5.02 Å². The molecule has 0 aliphatic rings. The highest BCUT2D eigenvalue weighted by Crippen LogP contribution is 2.25. The maximum absolute atomic E-state index is 11.9. The Bertz CT molecular complexity index is 663. The van der Waals surface area contributed by atoms with Gasteiger partial charge in [0.1, 0.15) is 0 Å². The second kappa shape index (κ2) is 7.39. The predicted octanol–water partition coefficient (Wildman–Crippen LogP) is 2.55. The first-order valence-corrected chi connectivity index (χ1v) is 7.94. The Hall–Kier alpha value is -1.64. The number of benzene rings is 1. The molecule has 9 heteroatoms. The van der Waals surface area contributed by atoms with Gasteiger partial charge in [0.15, 0.2) is 4.34 Å². The summed E-state index contributed by atoms with van der Waals surface area (Å²) in [5.41, 5.74) is 0.724. The first-order valence-electron chi connectivity index (χ1n) is 5.76. The number of thioether (sulfide) groups is 1. The summed E-state index contributed by atoms with van der Waals surface area (Å²) in [6.45, 7) is 0. The fraction of sp³-hybridized carbons (Fsp3) is 0.167. The van der Waals surface area contributed by atoms with Crippen molar-refractivity contribution in [3.05, 3.63) is 34.9 Å². The summed E-state index contributed by atoms with van der Waals surface area (Å²) < 4.78 is 0.491. The molecule has 1 aromatic carbocycles. The van der Waals surface area contributed by atoms with Gasteiger partial charge in [0.25, 0.3) is 0 Å². The quantitative estimate of drug-likeness (QED) is 0.618. The van der Waals surface area contributed by atoms with E-state index in [4.69, 9.17) is 16.7 Å². The molecule has 0 unspecified atom stereocenters. The average Bonchev–Trinajstić information content (AvgIpc) is 2.86. The maximum atomic E-state index is 11.9. The van der Waals surface area contributed by atoms with Gasteiger partial charge in [0, 0.05) is 5.02 Å². The van der Waals surface area contributed by atoms with Gasteiger partial charge in [-0.2, -0.15) is 0 Å². The number of hydrogen-bond donors (Lipinski definition) is 2. The number of carboxylic acids is 1. The third kappa shape index (κ3) is 5.00. The van der Waals surface area contributed by atoms with E-state index in [1.54, 1.807) is 24.3 Å². The largest absolute Gasteiger partial charge is 0.481 e. The molecule has 0 radical (unpaired) electrons. The number of amides is 1. The lowest BCUT2D eigenvalue weighted by Gasteiger charge is -2.03. The highest BCUT2D eigenvalue weighted by atomic mass is 35.5. The Kier molecular flexibility index (Phi) is 5.54. The van der Waals surface area contributed by atoms with Crippen molar-refractivity contribution >= 4 is 51.7 Å². The zero-order chi connectivity index (χ0) is 15.2. The van der Waals surface area contributed by atoms with E-state index >= 15 is 0 Å². The topological polar surface area (TPSA) is 92.2 Å². The minimum Gasteiger partial charge on any atom is -0.481 e. The van der Waals surface area contributed by atoms with Gasteiger partial charge in [0.05, 0.1) is 12.2 Å². The summed E-state index contributed by atoms with van der Waals surface area (Å²) in [6, 6.07) is 7.09. The van der Waals surface area contributed by atoms with E-state index in [2.05, 4.69) is 15.5 Å². The van der Waals surface area contributed by atoms with Gasteiger partial charge in [-0.3, -0.25) is 9.59 Å². The van der Waals surface area contributed by atoms with E-state index in [1.165, 1.54) is 0 Å². The number of rotatable bonds is 6. The van der Waals surface area contributed by atoms with Gasteiger partial charge in [-0.05, 0) is 11.6 Å². The van der Waals surface area contributed by atoms with Crippen LogP contribution in [0.25, 0.3) is 0 Å². The minimum absolute atomic E-state index is 0.0950. The van der Waals surface area contributed by atoms with E-state index in [0.29, 0.717) is 14.5 Å². The molecule has 0 saturated heterocycles. The molecule has 0 atom stereocenters. The molecule has 1 heterocycles. The fourth-order valence-corrected chi connectivity index (χ4v) is 3.11. The van der Waals surface area contributed by atoms with Crippen molar-refractivity contribution in [1.82, 2.24) is 10.2 Å². The van der Waals surface area contributed by atoms with Crippen LogP contribution in [0.5, 0.6) is 0 Å². The van der Waals surface area contributed by atoms with Gasteiger partial charge in [-0.1, -0.05) is 52.9 Å². The molecule has 0 aliphatic heterocycles. The Labute approximate surface area is 133 Å². The Morgan fingerprint density at radius 3 is 2.81 bits per heavy atom. The van der Waals surface area contributed by atoms with E-state index in [9.17, 15) is 9.59 Å². The Morgan fingerprint density at radius 1 is 1.33 bits per heavy atom. The smallest absolute Gasteiger partial charge is 0.313 e. The van der Waals surface area contributed by atoms with Crippen molar-refractivity contribution in [2.24, 2.45) is 0 Å². The first-order chi connectivity index (χ1) is 10.0. The number of anilines is 1. The van der Waals surface area contributed by atoms with Crippen LogP contribution >= 0.6 is 34.7 Å². The van der Waals surface area contributed by atoms with Crippen molar-refractivity contribution in [1.29, 1.82) is 0 Å². The van der Waals surface area contributed by atoms with E-state index < -0.39 is 5.97 Å². The lowest BCUT2D eigenvalue weighted by Crippen LogP contribution is -2.14. The van der Waals surface area contributed by atoms with E-state index in [1.807, 2.05) is 0 Å². The zero-order valence-corrected chi connectivity index (χ0v) is 13.0. The molecule has 110 valence electrons. The van der Waals surface area contributed by atoms with E-state index in [-0.39, 0.29) is 18.1 Å². The normalized spacial score (nSPS) is 10.3. The molecule has 2 N–H and O–H groups in total. The van der Waals surface area contributed by atoms with Crippen LogP contribution in [0.1, 0.15) is 5.56 Å². The lowest BCUT2D eigenvalue weighted by atomic mass is 10.1. The maximum Gasteiger partial charge on any atom is 0.313 e. The van der Waals surface area contributed by atoms with Crippen LogP contribution in [0.4, 0.5) is 5.13 Å². The summed E-state index contributed by atoms with van der Waals surface area (Å²) in [6.07, 6.45) is 0.136. The minimum atomic E-state index is -0.931. The van der Waals surface area contributed by atoms with Crippen LogP contribution in [-0.2, 0) is 16.0 Å². The number of hydrogen-bond acceptors (Lipinski definition) is 6. The van der Waals surface area contributed by atoms with Crippen molar-refractivity contribution in [2.75, 3.05) is 11.1 Å².